The first-order chi connectivity index (χ1) is 16.2. The Bertz CT molecular complexity index is 981. The Morgan fingerprint density at radius 2 is 1.82 bits per heavy atom. The number of alkyl halides is 3. The van der Waals surface area contributed by atoms with Crippen molar-refractivity contribution in [2.24, 2.45) is 5.92 Å². The number of halogens is 3. The lowest BCUT2D eigenvalue weighted by Gasteiger charge is -2.48. The number of benzene rings is 2. The molecular weight excluding hydrogens is 445 g/mol. The second-order valence-electron chi connectivity index (χ2n) is 9.27. The summed E-state index contributed by atoms with van der Waals surface area (Å²) in [4.78, 5) is 13.1. The van der Waals surface area contributed by atoms with E-state index in [9.17, 15) is 18.0 Å². The van der Waals surface area contributed by atoms with E-state index in [0.29, 0.717) is 32.3 Å². The molecule has 0 N–H and O–H groups in total. The third-order valence-electron chi connectivity index (χ3n) is 7.10. The number of rotatable bonds is 6. The molecule has 0 aromatic heterocycles. The number of ether oxygens (including phenoxy) is 3. The van der Waals surface area contributed by atoms with Gasteiger partial charge in [0.25, 0.3) is 0 Å². The van der Waals surface area contributed by atoms with Crippen LogP contribution in [0.4, 0.5) is 13.2 Å². The highest BCUT2D eigenvalue weighted by atomic mass is 19.4. The molecular formula is C27H31F3O4. The van der Waals surface area contributed by atoms with Gasteiger partial charge in [-0.25, -0.2) is 0 Å². The summed E-state index contributed by atoms with van der Waals surface area (Å²) < 4.78 is 57.7. The molecule has 34 heavy (non-hydrogen) atoms. The molecule has 4 rings (SSSR count). The topological polar surface area (TPSA) is 44.8 Å². The van der Waals surface area contributed by atoms with E-state index in [1.54, 1.807) is 0 Å². The lowest BCUT2D eigenvalue weighted by atomic mass is 9.72. The predicted molar refractivity (Wildman–Crippen MR) is 122 cm³/mol. The van der Waals surface area contributed by atoms with E-state index >= 15 is 0 Å². The zero-order valence-electron chi connectivity index (χ0n) is 19.6. The van der Waals surface area contributed by atoms with Crippen molar-refractivity contribution in [1.29, 1.82) is 0 Å². The predicted octanol–water partition coefficient (Wildman–Crippen LogP) is 6.78. The van der Waals surface area contributed by atoms with Crippen LogP contribution in [0.1, 0.15) is 73.0 Å². The highest BCUT2D eigenvalue weighted by molar-refractivity contribution is 5.98. The fraction of sp³-hybridized carbons (Fsp3) is 0.519. The zero-order valence-corrected chi connectivity index (χ0v) is 19.6. The first kappa shape index (κ1) is 24.7. The third-order valence-corrected chi connectivity index (χ3v) is 7.10. The molecule has 1 spiro atoms. The molecule has 1 aliphatic heterocycles. The first-order valence-corrected chi connectivity index (χ1v) is 11.9. The van der Waals surface area contributed by atoms with Gasteiger partial charge >= 0.3 is 6.18 Å². The van der Waals surface area contributed by atoms with Gasteiger partial charge in [-0.3, -0.25) is 4.79 Å². The first-order valence-electron chi connectivity index (χ1n) is 11.9. The molecule has 1 heterocycles. The van der Waals surface area contributed by atoms with Gasteiger partial charge in [-0.2, -0.15) is 13.2 Å². The Hall–Kier alpha value is -2.38. The van der Waals surface area contributed by atoms with Crippen molar-refractivity contribution in [3.8, 4) is 5.75 Å². The van der Waals surface area contributed by atoms with Gasteiger partial charge in [-0.15, -0.1) is 0 Å². The van der Waals surface area contributed by atoms with Crippen LogP contribution < -0.4 is 4.74 Å². The lowest BCUT2D eigenvalue weighted by molar-refractivity contribution is -0.189. The molecule has 184 valence electrons. The van der Waals surface area contributed by atoms with Gasteiger partial charge < -0.3 is 14.2 Å². The summed E-state index contributed by atoms with van der Waals surface area (Å²) in [6.45, 7) is 2.61. The lowest BCUT2D eigenvalue weighted by Crippen LogP contribution is -2.47. The van der Waals surface area contributed by atoms with Crippen molar-refractivity contribution in [2.75, 3.05) is 13.7 Å². The van der Waals surface area contributed by atoms with Crippen LogP contribution in [0.15, 0.2) is 48.5 Å². The summed E-state index contributed by atoms with van der Waals surface area (Å²) in [7, 11) is 1.19. The molecule has 2 aliphatic rings. The van der Waals surface area contributed by atoms with Crippen molar-refractivity contribution in [1.82, 2.24) is 0 Å². The molecule has 1 saturated heterocycles. The van der Waals surface area contributed by atoms with Crippen LogP contribution in [-0.2, 0) is 15.7 Å². The number of methoxy groups -OCH3 is 1. The van der Waals surface area contributed by atoms with E-state index in [4.69, 9.17) is 14.2 Å². The normalized spacial score (nSPS) is 27.5. The van der Waals surface area contributed by atoms with E-state index in [0.717, 1.165) is 24.5 Å². The van der Waals surface area contributed by atoms with Crippen molar-refractivity contribution >= 4 is 5.78 Å². The molecule has 0 radical (unpaired) electrons. The summed E-state index contributed by atoms with van der Waals surface area (Å²) >= 11 is 0. The Balaban J connectivity index is 1.49. The molecule has 4 nitrogen and oxygen atoms in total. The van der Waals surface area contributed by atoms with E-state index in [-0.39, 0.29) is 40.8 Å². The minimum absolute atomic E-state index is 0.0744. The number of carbonyl (C=O) groups excluding carboxylic acids is 1. The van der Waals surface area contributed by atoms with Gasteiger partial charge in [0.2, 0.25) is 0 Å². The Morgan fingerprint density at radius 1 is 1.12 bits per heavy atom. The summed E-state index contributed by atoms with van der Waals surface area (Å²) in [6, 6.07) is 13.6. The monoisotopic (exact) mass is 476 g/mol. The van der Waals surface area contributed by atoms with E-state index in [2.05, 4.69) is 12.1 Å². The average molecular weight is 477 g/mol. The van der Waals surface area contributed by atoms with Crippen LogP contribution in [0, 0.1) is 5.92 Å². The maximum atomic E-state index is 13.4. The van der Waals surface area contributed by atoms with E-state index in [1.165, 1.54) is 19.2 Å². The van der Waals surface area contributed by atoms with Crippen molar-refractivity contribution in [3.05, 3.63) is 65.2 Å². The number of carbonyl (C=O) groups is 1. The fourth-order valence-corrected chi connectivity index (χ4v) is 5.42. The van der Waals surface area contributed by atoms with Crippen molar-refractivity contribution in [2.45, 2.75) is 69.4 Å². The standard InChI is InChI=1S/C27H31F3O4/c1-3-33-21-16-24(18-7-5-4-6-8-18)34-26(17-21)13-11-19(12-14-26)25(31)20-9-10-23(32-2)22(15-20)27(28,29)30/h4-10,15,19,21,24H,3,11-14,16-17H2,1-2H3. The molecule has 1 aliphatic carbocycles. The van der Waals surface area contributed by atoms with Crippen LogP contribution in [0.2, 0.25) is 0 Å². The van der Waals surface area contributed by atoms with Crippen molar-refractivity contribution in [3.63, 3.8) is 0 Å². The second kappa shape index (κ2) is 10.1. The number of ketones is 1. The van der Waals surface area contributed by atoms with Gasteiger partial charge in [0.1, 0.15) is 5.75 Å². The van der Waals surface area contributed by atoms with E-state index < -0.39 is 11.7 Å². The molecule has 2 aromatic carbocycles. The van der Waals surface area contributed by atoms with Gasteiger partial charge in [-0.1, -0.05) is 30.3 Å². The minimum Gasteiger partial charge on any atom is -0.496 e. The maximum absolute atomic E-state index is 13.4. The van der Waals surface area contributed by atoms with Gasteiger partial charge in [-0.05, 0) is 56.4 Å². The maximum Gasteiger partial charge on any atom is 0.419 e. The molecule has 2 aromatic rings. The van der Waals surface area contributed by atoms with Crippen LogP contribution in [-0.4, -0.2) is 31.2 Å². The smallest absolute Gasteiger partial charge is 0.419 e. The minimum atomic E-state index is -4.59. The van der Waals surface area contributed by atoms with Crippen LogP contribution in [0.5, 0.6) is 5.75 Å². The molecule has 2 unspecified atom stereocenters. The number of hydrogen-bond acceptors (Lipinski definition) is 4. The van der Waals surface area contributed by atoms with E-state index in [1.807, 2.05) is 25.1 Å². The molecule has 7 heteroatoms. The van der Waals surface area contributed by atoms with Crippen LogP contribution in [0.3, 0.4) is 0 Å². The highest BCUT2D eigenvalue weighted by Gasteiger charge is 2.46. The number of Topliss-reactive ketones (excluding diaryl/α,β-unsaturated/α-hetero) is 1. The van der Waals surface area contributed by atoms with Crippen LogP contribution >= 0.6 is 0 Å². The average Bonchev–Trinajstić information content (AvgIpc) is 2.83. The molecule has 0 amide bonds. The molecule has 2 fully saturated rings. The Kier molecular flexibility index (Phi) is 7.33. The van der Waals surface area contributed by atoms with Gasteiger partial charge in [0.15, 0.2) is 5.78 Å². The van der Waals surface area contributed by atoms with Gasteiger partial charge in [0, 0.05) is 30.9 Å². The zero-order chi connectivity index (χ0) is 24.3. The van der Waals surface area contributed by atoms with Crippen molar-refractivity contribution < 1.29 is 32.2 Å². The second-order valence-corrected chi connectivity index (χ2v) is 9.27. The summed E-state index contributed by atoms with van der Waals surface area (Å²) in [5, 5.41) is 0. The number of hydrogen-bond donors (Lipinski definition) is 0. The highest BCUT2D eigenvalue weighted by Crippen LogP contribution is 2.48. The summed E-state index contributed by atoms with van der Waals surface area (Å²) in [5.74, 6) is -0.859. The summed E-state index contributed by atoms with van der Waals surface area (Å²) in [6.07, 6.45) is -0.521. The SMILES string of the molecule is CCOC1CC(c2ccccc2)OC2(CCC(C(=O)c3ccc(OC)c(C(F)(F)F)c3)CC2)C1. The van der Waals surface area contributed by atoms with Crippen LogP contribution in [0.25, 0.3) is 0 Å². The Labute approximate surface area is 198 Å². The largest absolute Gasteiger partial charge is 0.496 e. The third kappa shape index (κ3) is 5.31. The Morgan fingerprint density at radius 3 is 2.44 bits per heavy atom. The molecule has 1 saturated carbocycles. The fourth-order valence-electron chi connectivity index (χ4n) is 5.42. The summed E-state index contributed by atoms with van der Waals surface area (Å²) in [5.41, 5.74) is -0.115. The van der Waals surface area contributed by atoms with Gasteiger partial charge in [0.05, 0.1) is 30.5 Å². The molecule has 0 bridgehead atoms. The molecule has 2 atom stereocenters. The quantitative estimate of drug-likeness (QED) is 0.431.